The van der Waals surface area contributed by atoms with E-state index in [9.17, 15) is 19.2 Å². The van der Waals surface area contributed by atoms with Crippen LogP contribution in [0.25, 0.3) is 0 Å². The van der Waals surface area contributed by atoms with Crippen LogP contribution < -0.4 is 0 Å². The third kappa shape index (κ3) is 3.79. The van der Waals surface area contributed by atoms with E-state index in [4.69, 9.17) is 9.47 Å². The quantitative estimate of drug-likeness (QED) is 0.307. The normalized spacial score (nSPS) is 20.6. The van der Waals surface area contributed by atoms with Gasteiger partial charge in [-0.15, -0.1) is 0 Å². The van der Waals surface area contributed by atoms with Crippen LogP contribution in [0.2, 0.25) is 0 Å². The Balaban J connectivity index is 2.22. The summed E-state index contributed by atoms with van der Waals surface area (Å²) in [6.45, 7) is 13.4. The minimum absolute atomic E-state index is 0.0604. The van der Waals surface area contributed by atoms with Crippen LogP contribution in [0.5, 0.6) is 0 Å². The fourth-order valence-electron chi connectivity index (χ4n) is 3.30. The smallest absolute Gasteiger partial charge is 0.329 e. The van der Waals surface area contributed by atoms with E-state index in [0.717, 1.165) is 9.80 Å². The standard InChI is InChI=1S/C19H28N4O6/c1-7-28-11-9-20-14(24)18(3,4)22(16(20)26)13-23-17(27)21(10-12-29-8-2)15(25)19(23,5)6/h7-8H,1-2,9-13H2,3-6H3. The van der Waals surface area contributed by atoms with Gasteiger partial charge in [-0.05, 0) is 27.7 Å². The van der Waals surface area contributed by atoms with E-state index in [1.807, 2.05) is 0 Å². The highest BCUT2D eigenvalue weighted by Crippen LogP contribution is 2.33. The predicted molar refractivity (Wildman–Crippen MR) is 103 cm³/mol. The SMILES string of the molecule is C=COCCN1C(=O)N(CN2C(=O)N(CCOC=C)C(=O)C2(C)C)C(C)(C)C1=O. The van der Waals surface area contributed by atoms with E-state index < -0.39 is 35.0 Å². The number of hydrogen-bond donors (Lipinski definition) is 0. The molecule has 0 unspecified atom stereocenters. The van der Waals surface area contributed by atoms with Crippen molar-refractivity contribution < 1.29 is 28.7 Å². The van der Waals surface area contributed by atoms with Crippen LogP contribution in [0.15, 0.2) is 25.7 Å². The Bertz CT molecular complexity index is 672. The van der Waals surface area contributed by atoms with Crippen LogP contribution in [0.3, 0.4) is 0 Å². The number of hydrogen-bond acceptors (Lipinski definition) is 6. The Hall–Kier alpha value is -3.04. The molecule has 2 fully saturated rings. The van der Waals surface area contributed by atoms with Gasteiger partial charge < -0.3 is 9.47 Å². The van der Waals surface area contributed by atoms with Crippen LogP contribution in [-0.4, -0.2) is 87.5 Å². The van der Waals surface area contributed by atoms with Crippen molar-refractivity contribution in [1.29, 1.82) is 0 Å². The van der Waals surface area contributed by atoms with Crippen molar-refractivity contribution in [3.63, 3.8) is 0 Å². The van der Waals surface area contributed by atoms with E-state index in [0.29, 0.717) is 0 Å². The van der Waals surface area contributed by atoms with Crippen molar-refractivity contribution in [3.8, 4) is 0 Å². The number of ether oxygens (including phenoxy) is 2. The number of urea groups is 2. The lowest BCUT2D eigenvalue weighted by atomic mass is 10.0. The number of carbonyl (C=O) groups is 4. The summed E-state index contributed by atoms with van der Waals surface area (Å²) < 4.78 is 10.0. The van der Waals surface area contributed by atoms with Gasteiger partial charge in [0.1, 0.15) is 31.0 Å². The highest BCUT2D eigenvalue weighted by molar-refractivity contribution is 6.08. The van der Waals surface area contributed by atoms with Gasteiger partial charge >= 0.3 is 12.1 Å². The zero-order valence-electron chi connectivity index (χ0n) is 17.3. The molecule has 0 aromatic rings. The molecule has 0 spiro atoms. The maximum absolute atomic E-state index is 12.9. The molecule has 0 saturated carbocycles. The minimum Gasteiger partial charge on any atom is -0.500 e. The average molecular weight is 408 g/mol. The lowest BCUT2D eigenvalue weighted by Crippen LogP contribution is -2.55. The number of rotatable bonds is 10. The van der Waals surface area contributed by atoms with Gasteiger partial charge in [-0.3, -0.25) is 29.2 Å². The summed E-state index contributed by atoms with van der Waals surface area (Å²) in [4.78, 5) is 56.0. The largest absolute Gasteiger partial charge is 0.500 e. The Morgan fingerprint density at radius 3 is 1.41 bits per heavy atom. The Morgan fingerprint density at radius 2 is 1.10 bits per heavy atom. The molecule has 0 radical (unpaired) electrons. The number of carbonyl (C=O) groups excluding carboxylic acids is 4. The molecule has 2 rings (SSSR count). The molecule has 2 heterocycles. The molecule has 0 N–H and O–H groups in total. The third-order valence-corrected chi connectivity index (χ3v) is 5.19. The molecule has 29 heavy (non-hydrogen) atoms. The highest BCUT2D eigenvalue weighted by atomic mass is 16.5. The fraction of sp³-hybridized carbons (Fsp3) is 0.579. The Labute approximate surface area is 170 Å². The Kier molecular flexibility index (Phi) is 6.24. The van der Waals surface area contributed by atoms with E-state index in [2.05, 4.69) is 13.2 Å². The van der Waals surface area contributed by atoms with Crippen molar-refractivity contribution >= 4 is 23.9 Å². The van der Waals surface area contributed by atoms with Crippen LogP contribution in [0.4, 0.5) is 9.59 Å². The molecule has 2 aliphatic heterocycles. The first-order valence-corrected chi connectivity index (χ1v) is 9.24. The zero-order valence-corrected chi connectivity index (χ0v) is 17.3. The molecule has 2 saturated heterocycles. The van der Waals surface area contributed by atoms with Crippen molar-refractivity contribution in [2.75, 3.05) is 33.0 Å². The molecule has 0 bridgehead atoms. The molecular formula is C19H28N4O6. The highest BCUT2D eigenvalue weighted by Gasteiger charge is 2.56. The van der Waals surface area contributed by atoms with Crippen molar-refractivity contribution in [2.45, 2.75) is 38.8 Å². The molecule has 10 nitrogen and oxygen atoms in total. The summed E-state index contributed by atoms with van der Waals surface area (Å²) in [6.07, 6.45) is 2.46. The van der Waals surface area contributed by atoms with E-state index in [1.54, 1.807) is 27.7 Å². The third-order valence-electron chi connectivity index (χ3n) is 5.19. The molecule has 0 aromatic carbocycles. The zero-order chi connectivity index (χ0) is 22.0. The summed E-state index contributed by atoms with van der Waals surface area (Å²) in [5.41, 5.74) is -2.35. The lowest BCUT2D eigenvalue weighted by molar-refractivity contribution is -0.133. The number of nitrogens with zero attached hydrogens (tertiary/aromatic N) is 4. The molecule has 160 valence electrons. The summed E-state index contributed by atoms with van der Waals surface area (Å²) >= 11 is 0. The summed E-state index contributed by atoms with van der Waals surface area (Å²) in [5.74, 6) is -0.802. The predicted octanol–water partition coefficient (Wildman–Crippen LogP) is 1.35. The van der Waals surface area contributed by atoms with Gasteiger partial charge in [0.05, 0.1) is 25.6 Å². The molecular weight excluding hydrogens is 380 g/mol. The first-order chi connectivity index (χ1) is 13.5. The second-order valence-corrected chi connectivity index (χ2v) is 7.67. The van der Waals surface area contributed by atoms with Gasteiger partial charge in [0.2, 0.25) is 0 Å². The first-order valence-electron chi connectivity index (χ1n) is 9.24. The van der Waals surface area contributed by atoms with Crippen molar-refractivity contribution in [3.05, 3.63) is 25.7 Å². The fourth-order valence-corrected chi connectivity index (χ4v) is 3.30. The lowest BCUT2D eigenvalue weighted by Gasteiger charge is -2.36. The summed E-state index contributed by atoms with van der Waals surface area (Å²) in [7, 11) is 0. The second-order valence-electron chi connectivity index (χ2n) is 7.67. The second kappa shape index (κ2) is 8.14. The van der Waals surface area contributed by atoms with E-state index in [-0.39, 0.29) is 33.0 Å². The molecule has 0 aliphatic carbocycles. The Morgan fingerprint density at radius 1 is 0.759 bits per heavy atom. The average Bonchev–Trinajstić information content (AvgIpc) is 2.91. The van der Waals surface area contributed by atoms with Crippen LogP contribution >= 0.6 is 0 Å². The molecule has 6 amide bonds. The first kappa shape index (κ1) is 22.3. The van der Waals surface area contributed by atoms with Crippen molar-refractivity contribution in [1.82, 2.24) is 19.6 Å². The minimum atomic E-state index is -1.18. The van der Waals surface area contributed by atoms with Gasteiger partial charge in [-0.25, -0.2) is 9.59 Å². The van der Waals surface area contributed by atoms with Crippen LogP contribution in [-0.2, 0) is 19.1 Å². The van der Waals surface area contributed by atoms with Crippen molar-refractivity contribution in [2.24, 2.45) is 0 Å². The van der Waals surface area contributed by atoms with Gasteiger partial charge in [0.15, 0.2) is 0 Å². The van der Waals surface area contributed by atoms with Gasteiger partial charge in [-0.2, -0.15) is 0 Å². The number of imide groups is 2. The van der Waals surface area contributed by atoms with Crippen LogP contribution in [0.1, 0.15) is 27.7 Å². The maximum Gasteiger partial charge on any atom is 0.329 e. The number of amides is 6. The topological polar surface area (TPSA) is 99.7 Å². The van der Waals surface area contributed by atoms with Gasteiger partial charge in [0.25, 0.3) is 11.8 Å². The molecule has 10 heteroatoms. The molecule has 2 aliphatic rings. The summed E-state index contributed by atoms with van der Waals surface area (Å²) in [6, 6.07) is -1.09. The maximum atomic E-state index is 12.9. The van der Waals surface area contributed by atoms with Crippen LogP contribution in [0, 0.1) is 0 Å². The molecule has 0 aromatic heterocycles. The molecule has 0 atom stereocenters. The monoisotopic (exact) mass is 408 g/mol. The van der Waals surface area contributed by atoms with E-state index in [1.165, 1.54) is 22.3 Å². The van der Waals surface area contributed by atoms with E-state index >= 15 is 0 Å². The van der Waals surface area contributed by atoms with Gasteiger partial charge in [0, 0.05) is 0 Å². The van der Waals surface area contributed by atoms with Gasteiger partial charge in [-0.1, -0.05) is 13.2 Å². The summed E-state index contributed by atoms with van der Waals surface area (Å²) in [5, 5.41) is 0.